The van der Waals surface area contributed by atoms with Crippen molar-refractivity contribution in [3.8, 4) is 0 Å². The molecule has 0 spiro atoms. The van der Waals surface area contributed by atoms with Gasteiger partial charge in [0.05, 0.1) is 0 Å². The van der Waals surface area contributed by atoms with Crippen molar-refractivity contribution in [2.75, 3.05) is 16.8 Å². The van der Waals surface area contributed by atoms with Crippen molar-refractivity contribution >= 4 is 23.2 Å². The first-order valence-corrected chi connectivity index (χ1v) is 7.88. The number of amides is 2. The second kappa shape index (κ2) is 7.88. The molecule has 0 radical (unpaired) electrons. The molecule has 0 aliphatic rings. The standard InChI is InChI=1S/C19H20F2N2O2/c1-12-4-5-13(2)18(10-12)23(14(3)24)9-8-19(25)22-15-6-7-16(20)17(21)11-15/h4-7,10-11H,8-9H2,1-3H3,(H,22,25). The van der Waals surface area contributed by atoms with Crippen molar-refractivity contribution in [3.05, 3.63) is 59.2 Å². The molecule has 0 saturated heterocycles. The summed E-state index contributed by atoms with van der Waals surface area (Å²) in [7, 11) is 0. The van der Waals surface area contributed by atoms with Gasteiger partial charge in [-0.1, -0.05) is 12.1 Å². The molecule has 1 N–H and O–H groups in total. The van der Waals surface area contributed by atoms with Crippen molar-refractivity contribution in [2.45, 2.75) is 27.2 Å². The predicted molar refractivity (Wildman–Crippen MR) is 93.5 cm³/mol. The average Bonchev–Trinajstić information content (AvgIpc) is 2.54. The van der Waals surface area contributed by atoms with Crippen LogP contribution in [0.4, 0.5) is 20.2 Å². The minimum atomic E-state index is -1.03. The van der Waals surface area contributed by atoms with E-state index in [-0.39, 0.29) is 30.5 Å². The van der Waals surface area contributed by atoms with Gasteiger partial charge in [0, 0.05) is 37.3 Å². The van der Waals surface area contributed by atoms with Gasteiger partial charge < -0.3 is 10.2 Å². The fourth-order valence-electron chi connectivity index (χ4n) is 2.47. The Morgan fingerprint density at radius 2 is 1.76 bits per heavy atom. The predicted octanol–water partition coefficient (Wildman–Crippen LogP) is 3.96. The van der Waals surface area contributed by atoms with Gasteiger partial charge in [0.15, 0.2) is 11.6 Å². The number of nitrogens with zero attached hydrogens (tertiary/aromatic N) is 1. The van der Waals surface area contributed by atoms with E-state index in [9.17, 15) is 18.4 Å². The number of hydrogen-bond donors (Lipinski definition) is 1. The molecular weight excluding hydrogens is 326 g/mol. The summed E-state index contributed by atoms with van der Waals surface area (Å²) in [6.45, 7) is 5.45. The lowest BCUT2D eigenvalue weighted by Crippen LogP contribution is -2.32. The molecular formula is C19H20F2N2O2. The van der Waals surface area contributed by atoms with E-state index in [1.54, 1.807) is 0 Å². The van der Waals surface area contributed by atoms with Gasteiger partial charge in [-0.15, -0.1) is 0 Å². The number of carbonyl (C=O) groups excluding carboxylic acids is 2. The number of hydrogen-bond acceptors (Lipinski definition) is 2. The molecule has 132 valence electrons. The number of benzene rings is 2. The van der Waals surface area contributed by atoms with Crippen LogP contribution in [0.15, 0.2) is 36.4 Å². The molecule has 25 heavy (non-hydrogen) atoms. The first-order valence-electron chi connectivity index (χ1n) is 7.88. The molecule has 0 atom stereocenters. The number of anilines is 2. The number of carbonyl (C=O) groups is 2. The van der Waals surface area contributed by atoms with Crippen LogP contribution < -0.4 is 10.2 Å². The van der Waals surface area contributed by atoms with Crippen LogP contribution >= 0.6 is 0 Å². The average molecular weight is 346 g/mol. The fourth-order valence-corrected chi connectivity index (χ4v) is 2.47. The topological polar surface area (TPSA) is 49.4 Å². The Morgan fingerprint density at radius 1 is 1.04 bits per heavy atom. The van der Waals surface area contributed by atoms with Crippen molar-refractivity contribution in [1.29, 1.82) is 0 Å². The van der Waals surface area contributed by atoms with Crippen LogP contribution in [0.2, 0.25) is 0 Å². The van der Waals surface area contributed by atoms with Crippen molar-refractivity contribution in [2.24, 2.45) is 0 Å². The Bertz CT molecular complexity index is 806. The largest absolute Gasteiger partial charge is 0.326 e. The lowest BCUT2D eigenvalue weighted by Gasteiger charge is -2.23. The second-order valence-electron chi connectivity index (χ2n) is 5.89. The minimum absolute atomic E-state index is 0.0337. The van der Waals surface area contributed by atoms with E-state index in [2.05, 4.69) is 5.32 Å². The third-order valence-electron chi connectivity index (χ3n) is 3.80. The minimum Gasteiger partial charge on any atom is -0.326 e. The molecule has 0 saturated carbocycles. The summed E-state index contributed by atoms with van der Waals surface area (Å²) < 4.78 is 26.1. The smallest absolute Gasteiger partial charge is 0.226 e. The lowest BCUT2D eigenvalue weighted by molar-refractivity contribution is -0.117. The highest BCUT2D eigenvalue weighted by Crippen LogP contribution is 2.22. The molecule has 2 rings (SSSR count). The molecule has 6 heteroatoms. The Morgan fingerprint density at radius 3 is 2.40 bits per heavy atom. The van der Waals surface area contributed by atoms with Gasteiger partial charge >= 0.3 is 0 Å². The SMILES string of the molecule is CC(=O)N(CCC(=O)Nc1ccc(F)c(F)c1)c1cc(C)ccc1C. The second-order valence-corrected chi connectivity index (χ2v) is 5.89. The van der Waals surface area contributed by atoms with Crippen LogP contribution in [0.1, 0.15) is 24.5 Å². The van der Waals surface area contributed by atoms with Crippen molar-refractivity contribution in [1.82, 2.24) is 0 Å². The molecule has 2 aromatic carbocycles. The monoisotopic (exact) mass is 346 g/mol. The summed E-state index contributed by atoms with van der Waals surface area (Å²) >= 11 is 0. The van der Waals surface area contributed by atoms with E-state index in [1.807, 2.05) is 32.0 Å². The number of rotatable bonds is 5. The molecule has 0 heterocycles. The van der Waals surface area contributed by atoms with E-state index in [4.69, 9.17) is 0 Å². The maximum absolute atomic E-state index is 13.2. The van der Waals surface area contributed by atoms with Crippen LogP contribution in [0.25, 0.3) is 0 Å². The highest BCUT2D eigenvalue weighted by atomic mass is 19.2. The van der Waals surface area contributed by atoms with Gasteiger partial charge in [-0.3, -0.25) is 9.59 Å². The Kier molecular flexibility index (Phi) is 5.85. The molecule has 0 bridgehead atoms. The summed E-state index contributed by atoms with van der Waals surface area (Å²) in [5, 5.41) is 2.50. The van der Waals surface area contributed by atoms with Gasteiger partial charge in [0.25, 0.3) is 0 Å². The maximum Gasteiger partial charge on any atom is 0.226 e. The van der Waals surface area contributed by atoms with Gasteiger partial charge in [-0.25, -0.2) is 8.78 Å². The zero-order valence-corrected chi connectivity index (χ0v) is 14.4. The summed E-state index contributed by atoms with van der Waals surface area (Å²) in [6.07, 6.45) is 0.0337. The van der Waals surface area contributed by atoms with Crippen LogP contribution in [0, 0.1) is 25.5 Å². The van der Waals surface area contributed by atoms with Crippen molar-refractivity contribution < 1.29 is 18.4 Å². The molecule has 2 amide bonds. The molecule has 0 fully saturated rings. The van der Waals surface area contributed by atoms with E-state index in [0.717, 1.165) is 28.9 Å². The number of nitrogens with one attached hydrogen (secondary N) is 1. The maximum atomic E-state index is 13.2. The molecule has 2 aromatic rings. The van der Waals surface area contributed by atoms with Crippen LogP contribution in [-0.4, -0.2) is 18.4 Å². The fraction of sp³-hybridized carbons (Fsp3) is 0.263. The molecule has 0 aromatic heterocycles. The van der Waals surface area contributed by atoms with Gasteiger partial charge in [-0.05, 0) is 43.2 Å². The van der Waals surface area contributed by atoms with E-state index in [0.29, 0.717) is 0 Å². The third-order valence-corrected chi connectivity index (χ3v) is 3.80. The summed E-state index contributed by atoms with van der Waals surface area (Å²) in [5.41, 5.74) is 2.87. The molecule has 4 nitrogen and oxygen atoms in total. The quantitative estimate of drug-likeness (QED) is 0.891. The van der Waals surface area contributed by atoms with E-state index < -0.39 is 11.6 Å². The Balaban J connectivity index is 2.05. The molecule has 0 aliphatic carbocycles. The normalized spacial score (nSPS) is 10.4. The molecule has 0 aliphatic heterocycles. The summed E-state index contributed by atoms with van der Waals surface area (Å²) in [4.78, 5) is 25.6. The highest BCUT2D eigenvalue weighted by Gasteiger charge is 2.16. The molecule has 0 unspecified atom stereocenters. The van der Waals surface area contributed by atoms with Crippen molar-refractivity contribution in [3.63, 3.8) is 0 Å². The zero-order valence-electron chi connectivity index (χ0n) is 14.4. The van der Waals surface area contributed by atoms with Gasteiger partial charge in [-0.2, -0.15) is 0 Å². The summed E-state index contributed by atoms with van der Waals surface area (Å²) in [6, 6.07) is 8.91. The van der Waals surface area contributed by atoms with Gasteiger partial charge in [0.2, 0.25) is 11.8 Å². The van der Waals surface area contributed by atoms with Crippen LogP contribution in [0.5, 0.6) is 0 Å². The third kappa shape index (κ3) is 4.86. The Hall–Kier alpha value is -2.76. The first kappa shape index (κ1) is 18.6. The lowest BCUT2D eigenvalue weighted by atomic mass is 10.1. The highest BCUT2D eigenvalue weighted by molar-refractivity contribution is 5.95. The number of halogens is 2. The van der Waals surface area contributed by atoms with Crippen LogP contribution in [-0.2, 0) is 9.59 Å². The number of aryl methyl sites for hydroxylation is 2. The first-order chi connectivity index (χ1) is 11.8. The summed E-state index contributed by atoms with van der Waals surface area (Å²) in [5.74, 6) is -2.56. The van der Waals surface area contributed by atoms with E-state index >= 15 is 0 Å². The van der Waals surface area contributed by atoms with Crippen LogP contribution in [0.3, 0.4) is 0 Å². The zero-order chi connectivity index (χ0) is 18.6. The Labute approximate surface area is 145 Å². The van der Waals surface area contributed by atoms with Gasteiger partial charge in [0.1, 0.15) is 0 Å². The van der Waals surface area contributed by atoms with E-state index in [1.165, 1.54) is 17.9 Å².